The van der Waals surface area contributed by atoms with Crippen LogP contribution < -0.4 is 15.2 Å². The van der Waals surface area contributed by atoms with Gasteiger partial charge in [-0.3, -0.25) is 9.69 Å². The third kappa shape index (κ3) is 6.96. The summed E-state index contributed by atoms with van der Waals surface area (Å²) in [6.07, 6.45) is 6.16. The van der Waals surface area contributed by atoms with Crippen LogP contribution in [0.2, 0.25) is 0 Å². The largest absolute Gasteiger partial charge is 0.494 e. The molecule has 0 aromatic heterocycles. The molecule has 1 amide bonds. The summed E-state index contributed by atoms with van der Waals surface area (Å²) < 4.78 is 39.9. The van der Waals surface area contributed by atoms with Crippen molar-refractivity contribution in [2.45, 2.75) is 49.5 Å². The number of benzene rings is 2. The van der Waals surface area contributed by atoms with E-state index < -0.39 is 15.9 Å². The zero-order valence-electron chi connectivity index (χ0n) is 20.1. The summed E-state index contributed by atoms with van der Waals surface area (Å²) >= 11 is 0. The minimum Gasteiger partial charge on any atom is -0.494 e. The van der Waals surface area contributed by atoms with Crippen LogP contribution in [0, 0.1) is 0 Å². The number of carbonyl (C=O) groups is 1. The fourth-order valence-corrected chi connectivity index (χ4v) is 6.31. The summed E-state index contributed by atoms with van der Waals surface area (Å²) in [4.78, 5) is 13.6. The topological polar surface area (TPSA) is 102 Å². The van der Waals surface area contributed by atoms with E-state index in [2.05, 4.69) is 17.0 Å². The summed E-state index contributed by atoms with van der Waals surface area (Å²) in [7, 11) is -3.70. The van der Waals surface area contributed by atoms with Crippen LogP contribution in [0.1, 0.15) is 37.7 Å². The van der Waals surface area contributed by atoms with Crippen molar-refractivity contribution in [1.29, 1.82) is 0 Å². The highest BCUT2D eigenvalue weighted by Gasteiger charge is 2.28. The van der Waals surface area contributed by atoms with E-state index in [0.717, 1.165) is 38.0 Å². The molecule has 2 aromatic rings. The predicted octanol–water partition coefficient (Wildman–Crippen LogP) is 2.81. The number of carbonyl (C=O) groups excluding carboxylic acids is 1. The summed E-state index contributed by atoms with van der Waals surface area (Å²) in [6, 6.07) is 14.8. The summed E-state index contributed by atoms with van der Waals surface area (Å²) in [5, 5.41) is 0. The third-order valence-electron chi connectivity index (χ3n) is 6.71. The second-order valence-electron chi connectivity index (χ2n) is 9.20. The maximum Gasteiger partial charge on any atom is 0.255 e. The van der Waals surface area contributed by atoms with Crippen LogP contribution in [0.4, 0.5) is 0 Å². The number of aryl methyl sites for hydroxylation is 1. The van der Waals surface area contributed by atoms with Crippen molar-refractivity contribution >= 4 is 15.9 Å². The van der Waals surface area contributed by atoms with Gasteiger partial charge in [-0.25, -0.2) is 8.42 Å². The number of rotatable bonds is 5. The number of fused-ring (bicyclic) bond motifs is 3. The molecule has 1 atom stereocenters. The van der Waals surface area contributed by atoms with Gasteiger partial charge >= 0.3 is 0 Å². The van der Waals surface area contributed by atoms with Gasteiger partial charge < -0.3 is 15.2 Å². The Hall–Kier alpha value is -2.62. The van der Waals surface area contributed by atoms with Gasteiger partial charge in [-0.15, -0.1) is 0 Å². The van der Waals surface area contributed by atoms with Gasteiger partial charge in [-0.2, -0.15) is 4.31 Å². The van der Waals surface area contributed by atoms with Gasteiger partial charge in [0, 0.05) is 25.7 Å². The molecule has 2 heterocycles. The predicted molar refractivity (Wildman–Crippen MR) is 134 cm³/mol. The maximum atomic E-state index is 13.6. The van der Waals surface area contributed by atoms with Crippen LogP contribution in [-0.4, -0.2) is 69.0 Å². The van der Waals surface area contributed by atoms with Crippen molar-refractivity contribution < 1.29 is 22.7 Å². The van der Waals surface area contributed by atoms with Crippen LogP contribution in [0.3, 0.4) is 0 Å². The van der Waals surface area contributed by atoms with Crippen LogP contribution in [-0.2, 0) is 21.2 Å². The normalized spacial score (nSPS) is 20.7. The van der Waals surface area contributed by atoms with Crippen LogP contribution in [0.15, 0.2) is 53.4 Å². The van der Waals surface area contributed by atoms with E-state index in [1.807, 2.05) is 12.1 Å². The van der Waals surface area contributed by atoms with Crippen molar-refractivity contribution in [2.24, 2.45) is 5.73 Å². The molecule has 2 aromatic carbocycles. The second kappa shape index (κ2) is 11.9. The van der Waals surface area contributed by atoms with Gasteiger partial charge in [0.25, 0.3) is 5.91 Å². The number of piperidine rings is 1. The monoisotopic (exact) mass is 501 g/mol. The lowest BCUT2D eigenvalue weighted by atomic mass is 9.95. The Bertz CT molecular complexity index is 1090. The number of amides is 1. The van der Waals surface area contributed by atoms with E-state index in [1.54, 1.807) is 16.4 Å². The van der Waals surface area contributed by atoms with Crippen molar-refractivity contribution in [3.05, 3.63) is 54.1 Å². The van der Waals surface area contributed by atoms with E-state index in [-0.39, 0.29) is 11.5 Å². The molecule has 1 saturated heterocycles. The summed E-state index contributed by atoms with van der Waals surface area (Å²) in [6.45, 7) is 2.72. The van der Waals surface area contributed by atoms with Crippen molar-refractivity contribution in [1.82, 2.24) is 9.21 Å². The molecule has 4 rings (SSSR count). The smallest absolute Gasteiger partial charge is 0.255 e. The number of nitrogens with zero attached hydrogens (tertiary/aromatic N) is 2. The molecule has 8 nitrogen and oxygen atoms in total. The molecular formula is C26H35N3O5S. The molecule has 190 valence electrons. The molecule has 1 fully saturated rings. The molecule has 1 unspecified atom stereocenters. The number of nitrogens with two attached hydrogens (primary N) is 1. The Morgan fingerprint density at radius 2 is 1.83 bits per heavy atom. The second-order valence-corrected chi connectivity index (χ2v) is 11.1. The lowest BCUT2D eigenvalue weighted by molar-refractivity contribution is -0.119. The Morgan fingerprint density at radius 1 is 1.00 bits per heavy atom. The number of sulfonamides is 1. The van der Waals surface area contributed by atoms with E-state index >= 15 is 0 Å². The van der Waals surface area contributed by atoms with Gasteiger partial charge in [-0.1, -0.05) is 18.6 Å². The first-order valence-electron chi connectivity index (χ1n) is 12.4. The molecule has 0 spiro atoms. The lowest BCUT2D eigenvalue weighted by Crippen LogP contribution is -2.45. The maximum absolute atomic E-state index is 13.6. The number of hydrogen-bond acceptors (Lipinski definition) is 6. The highest BCUT2D eigenvalue weighted by Crippen LogP contribution is 2.25. The zero-order chi connectivity index (χ0) is 24.7. The molecule has 2 aliphatic rings. The molecule has 0 radical (unpaired) electrons. The van der Waals surface area contributed by atoms with Gasteiger partial charge in [0.15, 0.2) is 6.61 Å². The first kappa shape index (κ1) is 25.5. The van der Waals surface area contributed by atoms with E-state index in [9.17, 15) is 13.2 Å². The van der Waals surface area contributed by atoms with Crippen LogP contribution in [0.5, 0.6) is 11.5 Å². The van der Waals surface area contributed by atoms with Crippen molar-refractivity contribution in [3.8, 4) is 11.5 Å². The molecule has 0 aliphatic carbocycles. The molecular weight excluding hydrogens is 466 g/mol. The average Bonchev–Trinajstić information content (AvgIpc) is 2.86. The van der Waals surface area contributed by atoms with Gasteiger partial charge in [0.05, 0.1) is 11.5 Å². The van der Waals surface area contributed by atoms with E-state index in [4.69, 9.17) is 15.2 Å². The van der Waals surface area contributed by atoms with Crippen LogP contribution in [0.25, 0.3) is 0 Å². The van der Waals surface area contributed by atoms with Crippen molar-refractivity contribution in [2.75, 3.05) is 39.4 Å². The zero-order valence-corrected chi connectivity index (χ0v) is 20.9. The Labute approximate surface area is 208 Å². The summed E-state index contributed by atoms with van der Waals surface area (Å²) in [5.41, 5.74) is 6.40. The number of primary amides is 1. The van der Waals surface area contributed by atoms with E-state index in [0.29, 0.717) is 44.5 Å². The number of ether oxygens (including phenoxy) is 2. The molecule has 0 saturated carbocycles. The highest BCUT2D eigenvalue weighted by atomic mass is 32.2. The average molecular weight is 502 g/mol. The first-order chi connectivity index (χ1) is 16.9. The number of hydrogen-bond donors (Lipinski definition) is 1. The SMILES string of the molecule is NC(=O)COc1ccc(S(=O)(=O)N2CCCOc3cccc(c3)CCC3CCCCN3CC2)cc1. The van der Waals surface area contributed by atoms with E-state index in [1.165, 1.54) is 24.1 Å². The Balaban J connectivity index is 1.52. The first-order valence-corrected chi connectivity index (χ1v) is 13.8. The fourth-order valence-electron chi connectivity index (χ4n) is 4.84. The minimum atomic E-state index is -3.70. The standard InChI is InChI=1S/C26H35N3O5S/c27-26(30)20-34-23-10-12-25(13-11-23)35(31,32)29-15-4-18-33-24-7-3-5-21(19-24)8-9-22-6-1-2-14-28(22)16-17-29/h3,5,7,10-13,19,22H,1-2,4,6,8-9,14-18,20H2,(H2,27,30). The molecule has 2 aliphatic heterocycles. The lowest BCUT2D eigenvalue weighted by Gasteiger charge is -2.37. The summed E-state index contributed by atoms with van der Waals surface area (Å²) in [5.74, 6) is 0.647. The molecule has 2 N–H and O–H groups in total. The van der Waals surface area contributed by atoms with Crippen molar-refractivity contribution in [3.63, 3.8) is 0 Å². The van der Waals surface area contributed by atoms with Gasteiger partial charge in [0.1, 0.15) is 11.5 Å². The Kier molecular flexibility index (Phi) is 8.64. The molecule has 35 heavy (non-hydrogen) atoms. The highest BCUT2D eigenvalue weighted by molar-refractivity contribution is 7.89. The quantitative estimate of drug-likeness (QED) is 0.676. The van der Waals surface area contributed by atoms with Crippen LogP contribution >= 0.6 is 0 Å². The van der Waals surface area contributed by atoms with Gasteiger partial charge in [0.2, 0.25) is 10.0 Å². The third-order valence-corrected chi connectivity index (χ3v) is 8.63. The minimum absolute atomic E-state index is 0.203. The molecule has 2 bridgehead atoms. The van der Waals surface area contributed by atoms with Gasteiger partial charge in [-0.05, 0) is 80.6 Å². The Morgan fingerprint density at radius 3 is 2.63 bits per heavy atom. The fraction of sp³-hybridized carbons (Fsp3) is 0.500. The molecule has 9 heteroatoms.